The Morgan fingerprint density at radius 2 is 1.93 bits per heavy atom. The van der Waals surface area contributed by atoms with Gasteiger partial charge in [-0.25, -0.2) is 0 Å². The zero-order chi connectivity index (χ0) is 18.6. The average Bonchev–Trinajstić information content (AvgIpc) is 3.35. The van der Waals surface area contributed by atoms with Crippen LogP contribution >= 0.6 is 0 Å². The Kier molecular flexibility index (Phi) is 5.16. The molecular formula is C21H25N5O. The summed E-state index contributed by atoms with van der Waals surface area (Å²) in [7, 11) is 3.81. The number of likely N-dealkylation sites (tertiary alicyclic amines) is 1. The smallest absolute Gasteiger partial charge is 0.233 e. The van der Waals surface area contributed by atoms with E-state index in [1.54, 1.807) is 7.11 Å². The van der Waals surface area contributed by atoms with E-state index < -0.39 is 0 Å². The minimum Gasteiger partial charge on any atom is -0.480 e. The average molecular weight is 363 g/mol. The molecule has 4 rings (SSSR count). The lowest BCUT2D eigenvalue weighted by Gasteiger charge is -2.18. The first-order chi connectivity index (χ1) is 13.2. The summed E-state index contributed by atoms with van der Waals surface area (Å²) in [5, 5.41) is 13.1. The molecule has 0 spiro atoms. The van der Waals surface area contributed by atoms with Crippen LogP contribution in [-0.4, -0.2) is 51.6 Å². The maximum Gasteiger partial charge on any atom is 0.233 e. The molecule has 27 heavy (non-hydrogen) atoms. The number of hydrogen-bond acceptors (Lipinski definition) is 5. The third-order valence-corrected chi connectivity index (χ3v) is 5.31. The molecule has 1 aliphatic heterocycles. The lowest BCUT2D eigenvalue weighted by molar-refractivity contribution is 0.283. The van der Waals surface area contributed by atoms with Crippen molar-refractivity contribution in [2.24, 2.45) is 0 Å². The van der Waals surface area contributed by atoms with Crippen molar-refractivity contribution in [1.82, 2.24) is 24.9 Å². The molecule has 0 N–H and O–H groups in total. The number of aromatic nitrogens is 4. The largest absolute Gasteiger partial charge is 0.480 e. The summed E-state index contributed by atoms with van der Waals surface area (Å²) in [6.07, 6.45) is 5.84. The molecule has 140 valence electrons. The first kappa shape index (κ1) is 17.7. The van der Waals surface area contributed by atoms with Gasteiger partial charge in [0, 0.05) is 36.0 Å². The molecule has 0 amide bonds. The highest BCUT2D eigenvalue weighted by atomic mass is 16.5. The molecule has 2 aromatic heterocycles. The van der Waals surface area contributed by atoms with E-state index in [1.807, 2.05) is 24.3 Å². The highest BCUT2D eigenvalue weighted by Gasteiger charge is 2.20. The highest BCUT2D eigenvalue weighted by Crippen LogP contribution is 2.25. The molecule has 6 nitrogen and oxygen atoms in total. The molecule has 0 bridgehead atoms. The van der Waals surface area contributed by atoms with E-state index >= 15 is 0 Å². The summed E-state index contributed by atoms with van der Waals surface area (Å²) < 4.78 is 7.13. The van der Waals surface area contributed by atoms with Gasteiger partial charge in [0.25, 0.3) is 0 Å². The van der Waals surface area contributed by atoms with Crippen LogP contribution < -0.4 is 4.74 Å². The molecule has 0 radical (unpaired) electrons. The Bertz CT molecular complexity index is 890. The fraction of sp³-hybridized carbons (Fsp3) is 0.381. The minimum absolute atomic E-state index is 0.515. The van der Waals surface area contributed by atoms with Crippen LogP contribution in [-0.2, 0) is 6.54 Å². The number of benzene rings is 1. The summed E-state index contributed by atoms with van der Waals surface area (Å²) in [6, 6.07) is 14.8. The van der Waals surface area contributed by atoms with Gasteiger partial charge < -0.3 is 9.64 Å². The Labute approximate surface area is 159 Å². The van der Waals surface area contributed by atoms with E-state index in [0.29, 0.717) is 11.9 Å². The lowest BCUT2D eigenvalue weighted by Crippen LogP contribution is -2.26. The van der Waals surface area contributed by atoms with Crippen LogP contribution in [0.1, 0.15) is 19.3 Å². The van der Waals surface area contributed by atoms with Crippen molar-refractivity contribution in [2.75, 3.05) is 20.7 Å². The SMILES string of the molecule is COc1ccc(-c2cccc(-c3ccn(CC[C@@H]4CCCN4C)n3)c2)nn1. The van der Waals surface area contributed by atoms with Crippen molar-refractivity contribution in [1.29, 1.82) is 0 Å². The summed E-state index contributed by atoms with van der Waals surface area (Å²) in [4.78, 5) is 2.46. The van der Waals surface area contributed by atoms with Gasteiger partial charge in [-0.05, 0) is 51.1 Å². The van der Waals surface area contributed by atoms with Crippen LogP contribution in [0.3, 0.4) is 0 Å². The second kappa shape index (κ2) is 7.88. The summed E-state index contributed by atoms with van der Waals surface area (Å²) in [5.41, 5.74) is 3.91. The van der Waals surface area contributed by atoms with Crippen molar-refractivity contribution in [2.45, 2.75) is 31.8 Å². The van der Waals surface area contributed by atoms with Gasteiger partial charge in [-0.15, -0.1) is 10.2 Å². The summed E-state index contributed by atoms with van der Waals surface area (Å²) >= 11 is 0. The van der Waals surface area contributed by atoms with Crippen molar-refractivity contribution in [3.63, 3.8) is 0 Å². The second-order valence-electron chi connectivity index (χ2n) is 7.07. The molecule has 0 saturated carbocycles. The van der Waals surface area contributed by atoms with E-state index in [9.17, 15) is 0 Å². The van der Waals surface area contributed by atoms with E-state index in [2.05, 4.69) is 51.2 Å². The van der Waals surface area contributed by atoms with Gasteiger partial charge in [0.2, 0.25) is 5.88 Å². The molecule has 3 heterocycles. The topological polar surface area (TPSA) is 56.1 Å². The summed E-state index contributed by atoms with van der Waals surface area (Å²) in [5.74, 6) is 0.515. The van der Waals surface area contributed by atoms with Crippen LogP contribution in [0.2, 0.25) is 0 Å². The highest BCUT2D eigenvalue weighted by molar-refractivity contribution is 5.69. The molecule has 1 aromatic carbocycles. The minimum atomic E-state index is 0.515. The normalized spacial score (nSPS) is 17.3. The van der Waals surface area contributed by atoms with E-state index in [4.69, 9.17) is 9.84 Å². The molecule has 1 saturated heterocycles. The first-order valence-electron chi connectivity index (χ1n) is 9.45. The molecule has 1 fully saturated rings. The van der Waals surface area contributed by atoms with Gasteiger partial charge in [-0.3, -0.25) is 4.68 Å². The molecule has 1 atom stereocenters. The molecule has 6 heteroatoms. The van der Waals surface area contributed by atoms with Crippen LogP contribution in [0.4, 0.5) is 0 Å². The first-order valence-corrected chi connectivity index (χ1v) is 9.45. The van der Waals surface area contributed by atoms with Crippen LogP contribution in [0.25, 0.3) is 22.5 Å². The molecule has 3 aromatic rings. The van der Waals surface area contributed by atoms with Gasteiger partial charge in [0.1, 0.15) is 0 Å². The maximum absolute atomic E-state index is 5.08. The van der Waals surface area contributed by atoms with Gasteiger partial charge in [0.05, 0.1) is 18.5 Å². The number of aryl methyl sites for hydroxylation is 1. The Morgan fingerprint density at radius 1 is 1.07 bits per heavy atom. The zero-order valence-corrected chi connectivity index (χ0v) is 15.9. The predicted molar refractivity (Wildman–Crippen MR) is 106 cm³/mol. The van der Waals surface area contributed by atoms with Crippen LogP contribution in [0.5, 0.6) is 5.88 Å². The fourth-order valence-corrected chi connectivity index (χ4v) is 3.69. The quantitative estimate of drug-likeness (QED) is 0.671. The number of hydrogen-bond donors (Lipinski definition) is 0. The van der Waals surface area contributed by atoms with Crippen molar-refractivity contribution in [3.8, 4) is 28.4 Å². The Hall–Kier alpha value is -2.73. The zero-order valence-electron chi connectivity index (χ0n) is 15.9. The molecule has 0 unspecified atom stereocenters. The second-order valence-corrected chi connectivity index (χ2v) is 7.07. The van der Waals surface area contributed by atoms with E-state index in [1.165, 1.54) is 19.4 Å². The van der Waals surface area contributed by atoms with Gasteiger partial charge >= 0.3 is 0 Å². The van der Waals surface area contributed by atoms with E-state index in [-0.39, 0.29) is 0 Å². The lowest BCUT2D eigenvalue weighted by atomic mass is 10.1. The predicted octanol–water partition coefficient (Wildman–Crippen LogP) is 3.50. The van der Waals surface area contributed by atoms with Crippen LogP contribution in [0, 0.1) is 0 Å². The molecule has 0 aliphatic carbocycles. The number of ether oxygens (including phenoxy) is 1. The van der Waals surface area contributed by atoms with Gasteiger partial charge in [-0.1, -0.05) is 18.2 Å². The van der Waals surface area contributed by atoms with Crippen molar-refractivity contribution in [3.05, 3.63) is 48.7 Å². The number of methoxy groups -OCH3 is 1. The standard InChI is InChI=1S/C21H25N5O/c1-25-12-4-7-18(25)10-13-26-14-11-20(24-26)17-6-3-5-16(15-17)19-8-9-21(27-2)23-22-19/h3,5-6,8-9,11,14-15,18H,4,7,10,12-13H2,1-2H3/t18-/m0/s1. The van der Waals surface area contributed by atoms with E-state index in [0.717, 1.165) is 35.5 Å². The van der Waals surface area contributed by atoms with Gasteiger partial charge in [0.15, 0.2) is 0 Å². The van der Waals surface area contributed by atoms with Crippen molar-refractivity contribution < 1.29 is 4.74 Å². The molecular weight excluding hydrogens is 338 g/mol. The third-order valence-electron chi connectivity index (χ3n) is 5.31. The van der Waals surface area contributed by atoms with Gasteiger partial charge in [-0.2, -0.15) is 5.10 Å². The fourth-order valence-electron chi connectivity index (χ4n) is 3.69. The molecule has 1 aliphatic rings. The Balaban J connectivity index is 1.48. The maximum atomic E-state index is 5.08. The monoisotopic (exact) mass is 363 g/mol. The van der Waals surface area contributed by atoms with Crippen molar-refractivity contribution >= 4 is 0 Å². The third kappa shape index (κ3) is 4.01. The summed E-state index contributed by atoms with van der Waals surface area (Å²) in [6.45, 7) is 2.18. The van der Waals surface area contributed by atoms with Crippen LogP contribution in [0.15, 0.2) is 48.7 Å². The number of nitrogens with zero attached hydrogens (tertiary/aromatic N) is 5. The number of rotatable bonds is 6. The Morgan fingerprint density at radius 3 is 2.63 bits per heavy atom.